The molecule has 1 N–H and O–H groups in total. The lowest BCUT2D eigenvalue weighted by Gasteiger charge is -2.29. The molecule has 0 saturated heterocycles. The van der Waals surface area contributed by atoms with E-state index in [2.05, 4.69) is 46.5 Å². The first kappa shape index (κ1) is 28.5. The molecule has 1 heterocycles. The van der Waals surface area contributed by atoms with Crippen molar-refractivity contribution in [1.82, 2.24) is 4.98 Å². The molecule has 40 heavy (non-hydrogen) atoms. The third kappa shape index (κ3) is 7.17. The second-order valence-corrected chi connectivity index (χ2v) is 12.2. The Hall–Kier alpha value is -3.06. The number of hydrogen-bond acceptors (Lipinski definition) is 5. The van der Waals surface area contributed by atoms with E-state index >= 15 is 0 Å². The van der Waals surface area contributed by atoms with Crippen molar-refractivity contribution < 1.29 is 9.90 Å². The van der Waals surface area contributed by atoms with Crippen LogP contribution >= 0.6 is 34.5 Å². The number of halogens is 2. The van der Waals surface area contributed by atoms with Gasteiger partial charge in [0.1, 0.15) is 0 Å². The van der Waals surface area contributed by atoms with Gasteiger partial charge in [-0.3, -0.25) is 0 Å². The van der Waals surface area contributed by atoms with Crippen molar-refractivity contribution in [2.24, 2.45) is 5.92 Å². The number of anilines is 2. The highest BCUT2D eigenvalue weighted by atomic mass is 35.5. The molecule has 0 amide bonds. The Morgan fingerprint density at radius 1 is 0.925 bits per heavy atom. The average molecular weight is 595 g/mol. The second kappa shape index (κ2) is 13.1. The number of aromatic carboxylic acids is 1. The second-order valence-electron chi connectivity index (χ2n) is 10.6. The first-order valence-electron chi connectivity index (χ1n) is 13.6. The summed E-state index contributed by atoms with van der Waals surface area (Å²) in [5.41, 5.74) is 5.65. The summed E-state index contributed by atoms with van der Waals surface area (Å²) < 4.78 is 0. The van der Waals surface area contributed by atoms with Crippen LogP contribution in [0.4, 0.5) is 10.8 Å². The highest BCUT2D eigenvalue weighted by Crippen LogP contribution is 2.33. The number of thiazole rings is 1. The maximum atomic E-state index is 11.3. The third-order valence-electron chi connectivity index (χ3n) is 7.55. The van der Waals surface area contributed by atoms with Crippen LogP contribution < -0.4 is 9.80 Å². The quantitative estimate of drug-likeness (QED) is 0.199. The van der Waals surface area contributed by atoms with Gasteiger partial charge in [0, 0.05) is 43.3 Å². The van der Waals surface area contributed by atoms with Crippen molar-refractivity contribution in [1.29, 1.82) is 0 Å². The molecule has 1 aromatic heterocycles. The van der Waals surface area contributed by atoms with Gasteiger partial charge in [-0.15, -0.1) is 11.3 Å². The van der Waals surface area contributed by atoms with Gasteiger partial charge >= 0.3 is 5.97 Å². The third-order valence-corrected chi connectivity index (χ3v) is 9.19. The Balaban J connectivity index is 1.30. The van der Waals surface area contributed by atoms with E-state index in [1.165, 1.54) is 32.1 Å². The van der Waals surface area contributed by atoms with Gasteiger partial charge in [0.25, 0.3) is 0 Å². The fourth-order valence-electron chi connectivity index (χ4n) is 5.30. The first-order chi connectivity index (χ1) is 19.4. The van der Waals surface area contributed by atoms with Crippen molar-refractivity contribution in [3.05, 3.63) is 98.8 Å². The Labute approximate surface area is 250 Å². The van der Waals surface area contributed by atoms with Crippen LogP contribution in [-0.4, -0.2) is 29.7 Å². The number of aromatic nitrogens is 1. The number of benzene rings is 3. The number of carboxylic acids is 1. The van der Waals surface area contributed by atoms with E-state index in [0.29, 0.717) is 28.1 Å². The van der Waals surface area contributed by atoms with Gasteiger partial charge in [-0.1, -0.05) is 72.8 Å². The molecule has 0 spiro atoms. The molecule has 0 aliphatic heterocycles. The van der Waals surface area contributed by atoms with Gasteiger partial charge in [-0.2, -0.15) is 0 Å². The Kier molecular flexibility index (Phi) is 9.30. The molecule has 3 aromatic carbocycles. The zero-order valence-electron chi connectivity index (χ0n) is 22.5. The summed E-state index contributed by atoms with van der Waals surface area (Å²) in [6, 6.07) is 21.4. The molecule has 5 rings (SSSR count). The van der Waals surface area contributed by atoms with E-state index in [1.54, 1.807) is 23.5 Å². The summed E-state index contributed by atoms with van der Waals surface area (Å²) in [4.78, 5) is 20.9. The number of nitrogens with zero attached hydrogens (tertiary/aromatic N) is 3. The maximum absolute atomic E-state index is 11.3. The van der Waals surface area contributed by atoms with E-state index in [-0.39, 0.29) is 0 Å². The van der Waals surface area contributed by atoms with Crippen LogP contribution in [0.1, 0.15) is 53.6 Å². The monoisotopic (exact) mass is 593 g/mol. The van der Waals surface area contributed by atoms with Crippen molar-refractivity contribution >= 4 is 51.3 Å². The minimum absolute atomic E-state index is 0.310. The molecular weight excluding hydrogens is 561 g/mol. The minimum Gasteiger partial charge on any atom is -0.478 e. The zero-order chi connectivity index (χ0) is 28.1. The molecule has 1 fully saturated rings. The Bertz CT molecular complexity index is 1430. The zero-order valence-corrected chi connectivity index (χ0v) is 24.9. The van der Waals surface area contributed by atoms with Crippen LogP contribution in [0, 0.1) is 5.92 Å². The molecule has 1 aliphatic rings. The highest BCUT2D eigenvalue weighted by Gasteiger charge is 2.20. The van der Waals surface area contributed by atoms with Crippen LogP contribution in [0.15, 0.2) is 72.1 Å². The molecule has 1 saturated carbocycles. The molecule has 8 heteroatoms. The largest absolute Gasteiger partial charge is 0.478 e. The van der Waals surface area contributed by atoms with Gasteiger partial charge in [0.2, 0.25) is 0 Å². The summed E-state index contributed by atoms with van der Waals surface area (Å²) in [5, 5.41) is 13.5. The topological polar surface area (TPSA) is 56.7 Å². The molecule has 4 aromatic rings. The summed E-state index contributed by atoms with van der Waals surface area (Å²) in [6.45, 7) is 2.40. The molecule has 1 aliphatic carbocycles. The van der Waals surface area contributed by atoms with E-state index in [4.69, 9.17) is 28.2 Å². The van der Waals surface area contributed by atoms with Crippen LogP contribution in [0.2, 0.25) is 10.0 Å². The summed E-state index contributed by atoms with van der Waals surface area (Å²) in [6.07, 6.45) is 6.42. The molecule has 0 unspecified atom stereocenters. The Morgan fingerprint density at radius 2 is 1.62 bits per heavy atom. The van der Waals surface area contributed by atoms with Crippen molar-refractivity contribution in [3.8, 4) is 11.3 Å². The lowest BCUT2D eigenvalue weighted by Crippen LogP contribution is -2.30. The van der Waals surface area contributed by atoms with Crippen molar-refractivity contribution in [3.63, 3.8) is 0 Å². The Morgan fingerprint density at radius 3 is 2.30 bits per heavy atom. The van der Waals surface area contributed by atoms with Gasteiger partial charge in [-0.25, -0.2) is 9.78 Å². The van der Waals surface area contributed by atoms with Gasteiger partial charge < -0.3 is 14.9 Å². The molecule has 0 radical (unpaired) electrons. The lowest BCUT2D eigenvalue weighted by atomic mass is 9.89. The van der Waals surface area contributed by atoms with E-state index < -0.39 is 5.97 Å². The van der Waals surface area contributed by atoms with Crippen LogP contribution in [0.25, 0.3) is 11.3 Å². The smallest absolute Gasteiger partial charge is 0.335 e. The predicted octanol–water partition coefficient (Wildman–Crippen LogP) is 9.04. The molecule has 0 atom stereocenters. The first-order valence-corrected chi connectivity index (χ1v) is 15.3. The van der Waals surface area contributed by atoms with Crippen molar-refractivity contribution in [2.75, 3.05) is 23.4 Å². The van der Waals surface area contributed by atoms with Crippen LogP contribution in [0.3, 0.4) is 0 Å². The lowest BCUT2D eigenvalue weighted by molar-refractivity contribution is 0.0697. The fraction of sp³-hybridized carbons (Fsp3) is 0.312. The fourth-order valence-corrected chi connectivity index (χ4v) is 6.46. The summed E-state index contributed by atoms with van der Waals surface area (Å²) in [7, 11) is 2.06. The standard InChI is InChI=1S/C32H33Cl2N3O2S/c1-36(18-24-9-16-28(33)29(34)17-24)27-14-12-25(13-15-27)30-21-40-32(35-30)37(19-22-5-3-2-4-6-22)20-23-7-10-26(11-8-23)31(38)39/h7-17,21-22H,2-6,18-20H2,1H3,(H,38,39). The minimum atomic E-state index is -0.901. The highest BCUT2D eigenvalue weighted by molar-refractivity contribution is 7.14. The predicted molar refractivity (Wildman–Crippen MR) is 167 cm³/mol. The van der Waals surface area contributed by atoms with Crippen LogP contribution in [-0.2, 0) is 13.1 Å². The average Bonchev–Trinajstić information content (AvgIpc) is 3.46. The normalized spacial score (nSPS) is 13.8. The summed E-state index contributed by atoms with van der Waals surface area (Å²) >= 11 is 13.9. The molecule has 208 valence electrons. The van der Waals surface area contributed by atoms with Gasteiger partial charge in [0.15, 0.2) is 5.13 Å². The van der Waals surface area contributed by atoms with E-state index in [0.717, 1.165) is 46.3 Å². The number of rotatable bonds is 10. The number of hydrogen-bond donors (Lipinski definition) is 1. The number of carboxylic acid groups (broad SMARTS) is 1. The number of carbonyl (C=O) groups is 1. The molecular formula is C32H33Cl2N3O2S. The maximum Gasteiger partial charge on any atom is 0.335 e. The van der Waals surface area contributed by atoms with E-state index in [1.807, 2.05) is 30.3 Å². The van der Waals surface area contributed by atoms with E-state index in [9.17, 15) is 9.90 Å². The van der Waals surface area contributed by atoms with Gasteiger partial charge in [0.05, 0.1) is 21.3 Å². The van der Waals surface area contributed by atoms with Crippen molar-refractivity contribution in [2.45, 2.75) is 45.2 Å². The SMILES string of the molecule is CN(Cc1ccc(Cl)c(Cl)c1)c1ccc(-c2csc(N(Cc3ccc(C(=O)O)cc3)CC3CCCCC3)n2)cc1. The summed E-state index contributed by atoms with van der Waals surface area (Å²) in [5.74, 6) is -0.244. The van der Waals surface area contributed by atoms with Gasteiger partial charge in [-0.05, 0) is 66.3 Å². The molecule has 0 bridgehead atoms. The van der Waals surface area contributed by atoms with Crippen LogP contribution in [0.5, 0.6) is 0 Å². The molecule has 5 nitrogen and oxygen atoms in total.